The maximum absolute atomic E-state index is 13.4. The van der Waals surface area contributed by atoms with Crippen LogP contribution in [0.15, 0.2) is 24.3 Å². The Morgan fingerprint density at radius 3 is 2.16 bits per heavy atom. The normalized spacial score (nSPS) is 23.6. The number of hydrogen-bond donors (Lipinski definition) is 0. The van der Waals surface area contributed by atoms with Gasteiger partial charge in [-0.25, -0.2) is 0 Å². The van der Waals surface area contributed by atoms with Crippen molar-refractivity contribution < 1.29 is 18.7 Å². The molecule has 1 aromatic rings. The Morgan fingerprint density at radius 2 is 1.65 bits per heavy atom. The summed E-state index contributed by atoms with van der Waals surface area (Å²) in [5.74, 6) is 0.852. The van der Waals surface area contributed by atoms with E-state index in [4.69, 9.17) is 13.9 Å². The van der Waals surface area contributed by atoms with Crippen LogP contribution >= 0.6 is 0 Å². The molecule has 1 amide bonds. The zero-order chi connectivity index (χ0) is 23.0. The first-order chi connectivity index (χ1) is 14.4. The third-order valence-corrected chi connectivity index (χ3v) is 11.6. The van der Waals surface area contributed by atoms with Crippen molar-refractivity contribution in [2.24, 2.45) is 5.41 Å². The number of amides is 1. The number of morpholine rings is 1. The van der Waals surface area contributed by atoms with Gasteiger partial charge in [-0.15, -0.1) is 0 Å². The highest BCUT2D eigenvalue weighted by molar-refractivity contribution is 6.74. The summed E-state index contributed by atoms with van der Waals surface area (Å²) in [6, 6.07) is 7.74. The van der Waals surface area contributed by atoms with Gasteiger partial charge < -0.3 is 18.8 Å². The van der Waals surface area contributed by atoms with Crippen molar-refractivity contribution in [2.45, 2.75) is 64.9 Å². The molecule has 0 aliphatic carbocycles. The molecule has 0 N–H and O–H groups in total. The lowest BCUT2D eigenvalue weighted by Gasteiger charge is -2.57. The SMILES string of the molecule is COc1ccc(N2C(=O)[C@H](O[Si](C)(C)C(C)(C)C)[C@@H]2C(C)(C)CN2CCOCC2)cc1. The average Bonchev–Trinajstić information content (AvgIpc) is 2.69. The van der Waals surface area contributed by atoms with E-state index in [0.29, 0.717) is 0 Å². The molecule has 31 heavy (non-hydrogen) atoms. The monoisotopic (exact) mass is 448 g/mol. The highest BCUT2D eigenvalue weighted by Crippen LogP contribution is 2.45. The molecule has 2 saturated heterocycles. The van der Waals surface area contributed by atoms with Gasteiger partial charge in [0.2, 0.25) is 0 Å². The first kappa shape index (κ1) is 24.2. The molecule has 2 atom stereocenters. The van der Waals surface area contributed by atoms with E-state index < -0.39 is 14.4 Å². The molecule has 7 heteroatoms. The van der Waals surface area contributed by atoms with Crippen molar-refractivity contribution in [3.05, 3.63) is 24.3 Å². The van der Waals surface area contributed by atoms with Gasteiger partial charge in [0, 0.05) is 30.7 Å². The summed E-state index contributed by atoms with van der Waals surface area (Å²) in [6.45, 7) is 19.9. The van der Waals surface area contributed by atoms with E-state index >= 15 is 0 Å². The highest BCUT2D eigenvalue weighted by Gasteiger charge is 2.58. The Hall–Kier alpha value is -1.41. The standard InChI is InChI=1S/C24H40N2O4Si/c1-23(2,3)31(7,8)30-20-21(24(4,5)17-25-13-15-29-16-14-25)26(22(20)27)18-9-11-19(28-6)12-10-18/h9-12,20-21H,13-17H2,1-8H3/t20-,21-/m1/s1. The number of carbonyl (C=O) groups is 1. The second-order valence-electron chi connectivity index (χ2n) is 11.0. The predicted octanol–water partition coefficient (Wildman–Crippen LogP) is 4.16. The lowest BCUT2D eigenvalue weighted by Crippen LogP contribution is -2.74. The fourth-order valence-corrected chi connectivity index (χ4v) is 5.51. The van der Waals surface area contributed by atoms with Crippen LogP contribution in [0.5, 0.6) is 5.75 Å². The Morgan fingerprint density at radius 1 is 1.06 bits per heavy atom. The van der Waals surface area contributed by atoms with Crippen LogP contribution in [0.2, 0.25) is 18.1 Å². The minimum Gasteiger partial charge on any atom is -0.497 e. The predicted molar refractivity (Wildman–Crippen MR) is 127 cm³/mol. The molecular formula is C24H40N2O4Si. The van der Waals surface area contributed by atoms with Gasteiger partial charge in [-0.05, 0) is 42.4 Å². The van der Waals surface area contributed by atoms with Crippen molar-refractivity contribution in [1.29, 1.82) is 0 Å². The van der Waals surface area contributed by atoms with E-state index in [1.54, 1.807) is 7.11 Å². The van der Waals surface area contributed by atoms with Crippen molar-refractivity contribution in [3.63, 3.8) is 0 Å². The van der Waals surface area contributed by atoms with Crippen LogP contribution in [0.25, 0.3) is 0 Å². The molecule has 0 spiro atoms. The lowest BCUT2D eigenvalue weighted by atomic mass is 9.74. The van der Waals surface area contributed by atoms with E-state index in [0.717, 1.165) is 44.3 Å². The number of anilines is 1. The second kappa shape index (κ2) is 8.85. The molecule has 2 aliphatic rings. The van der Waals surface area contributed by atoms with Gasteiger partial charge in [0.1, 0.15) is 11.9 Å². The average molecular weight is 449 g/mol. The molecule has 2 aliphatic heterocycles. The minimum absolute atomic E-state index is 0.0228. The molecule has 0 radical (unpaired) electrons. The number of rotatable bonds is 7. The van der Waals surface area contributed by atoms with Gasteiger partial charge in [0.05, 0.1) is 26.4 Å². The summed E-state index contributed by atoms with van der Waals surface area (Å²) in [5.41, 5.74) is 0.763. The largest absolute Gasteiger partial charge is 0.497 e. The summed E-state index contributed by atoms with van der Waals surface area (Å²) in [6.07, 6.45) is -0.404. The first-order valence-corrected chi connectivity index (χ1v) is 14.2. The summed E-state index contributed by atoms with van der Waals surface area (Å²) >= 11 is 0. The van der Waals surface area contributed by atoms with Crippen molar-refractivity contribution >= 4 is 19.9 Å². The van der Waals surface area contributed by atoms with E-state index in [1.807, 2.05) is 29.2 Å². The third kappa shape index (κ3) is 5.00. The Balaban J connectivity index is 1.90. The fraction of sp³-hybridized carbons (Fsp3) is 0.708. The maximum Gasteiger partial charge on any atom is 0.257 e. The molecule has 0 bridgehead atoms. The molecule has 6 nitrogen and oxygen atoms in total. The van der Waals surface area contributed by atoms with Gasteiger partial charge >= 0.3 is 0 Å². The van der Waals surface area contributed by atoms with Crippen LogP contribution in [-0.2, 0) is 14.0 Å². The third-order valence-electron chi connectivity index (χ3n) is 7.16. The highest BCUT2D eigenvalue weighted by atomic mass is 28.4. The summed E-state index contributed by atoms with van der Waals surface area (Å²) in [7, 11) is -0.445. The lowest BCUT2D eigenvalue weighted by molar-refractivity contribution is -0.140. The van der Waals surface area contributed by atoms with E-state index in [9.17, 15) is 4.79 Å². The number of carbonyl (C=O) groups excluding carboxylic acids is 1. The molecule has 2 fully saturated rings. The summed E-state index contributed by atoms with van der Waals surface area (Å²) < 4.78 is 17.6. The van der Waals surface area contributed by atoms with Gasteiger partial charge in [0.15, 0.2) is 8.32 Å². The number of hydrogen-bond acceptors (Lipinski definition) is 5. The maximum atomic E-state index is 13.4. The molecule has 0 aromatic heterocycles. The summed E-state index contributed by atoms with van der Waals surface area (Å²) in [5, 5.41) is 0.0483. The quantitative estimate of drug-likeness (QED) is 0.463. The number of ether oxygens (including phenoxy) is 2. The Bertz CT molecular complexity index is 767. The number of methoxy groups -OCH3 is 1. The van der Waals surface area contributed by atoms with Crippen molar-refractivity contribution in [2.75, 3.05) is 44.9 Å². The molecule has 0 saturated carbocycles. The van der Waals surface area contributed by atoms with Gasteiger partial charge in [-0.2, -0.15) is 0 Å². The van der Waals surface area contributed by atoms with Crippen LogP contribution in [0, 0.1) is 5.41 Å². The van der Waals surface area contributed by atoms with Crippen molar-refractivity contribution in [3.8, 4) is 5.75 Å². The molecule has 3 rings (SSSR count). The molecule has 1 aromatic carbocycles. The van der Waals surface area contributed by atoms with Gasteiger partial charge in [-0.3, -0.25) is 9.69 Å². The van der Waals surface area contributed by atoms with Crippen LogP contribution in [0.4, 0.5) is 5.69 Å². The first-order valence-electron chi connectivity index (χ1n) is 11.3. The van der Waals surface area contributed by atoms with E-state index in [2.05, 4.69) is 52.6 Å². The smallest absolute Gasteiger partial charge is 0.257 e. The molecule has 2 heterocycles. The molecular weight excluding hydrogens is 408 g/mol. The fourth-order valence-electron chi connectivity index (χ4n) is 4.29. The number of nitrogens with zero attached hydrogens (tertiary/aromatic N) is 2. The Labute approximate surface area is 189 Å². The van der Waals surface area contributed by atoms with Crippen LogP contribution in [0.3, 0.4) is 0 Å². The van der Waals surface area contributed by atoms with Crippen LogP contribution in [-0.4, -0.2) is 71.2 Å². The molecule has 174 valence electrons. The number of benzene rings is 1. The van der Waals surface area contributed by atoms with Gasteiger partial charge in [0.25, 0.3) is 5.91 Å². The minimum atomic E-state index is -2.10. The van der Waals surface area contributed by atoms with Crippen LogP contribution < -0.4 is 9.64 Å². The van der Waals surface area contributed by atoms with E-state index in [1.165, 1.54) is 0 Å². The second-order valence-corrected chi connectivity index (χ2v) is 15.8. The van der Waals surface area contributed by atoms with E-state index in [-0.39, 0.29) is 22.4 Å². The summed E-state index contributed by atoms with van der Waals surface area (Å²) in [4.78, 5) is 17.8. The Kier molecular flexibility index (Phi) is 6.92. The zero-order valence-electron chi connectivity index (χ0n) is 20.5. The number of β-lactam (4-membered cyclic amide) rings is 1. The molecule has 0 unspecified atom stereocenters. The van der Waals surface area contributed by atoms with Crippen LogP contribution in [0.1, 0.15) is 34.6 Å². The van der Waals surface area contributed by atoms with Gasteiger partial charge in [-0.1, -0.05) is 34.6 Å². The zero-order valence-corrected chi connectivity index (χ0v) is 21.5. The topological polar surface area (TPSA) is 51.2 Å². The van der Waals surface area contributed by atoms with Crippen molar-refractivity contribution in [1.82, 2.24) is 4.90 Å².